The lowest BCUT2D eigenvalue weighted by Gasteiger charge is -2.23. The zero-order valence-corrected chi connectivity index (χ0v) is 15.7. The van der Waals surface area contributed by atoms with E-state index in [1.165, 1.54) is 0 Å². The summed E-state index contributed by atoms with van der Waals surface area (Å²) >= 11 is 6.20. The van der Waals surface area contributed by atoms with Gasteiger partial charge in [0.2, 0.25) is 0 Å². The second kappa shape index (κ2) is 7.66. The average molecular weight is 386 g/mol. The molecule has 4 rings (SSSR count). The first-order valence-corrected chi connectivity index (χ1v) is 9.40. The van der Waals surface area contributed by atoms with Crippen LogP contribution in [0.2, 0.25) is 5.02 Å². The molecule has 3 aromatic rings. The van der Waals surface area contributed by atoms with Gasteiger partial charge in [0.15, 0.2) is 12.5 Å². The second-order valence-corrected chi connectivity index (χ2v) is 7.01. The molecule has 1 fully saturated rings. The highest BCUT2D eigenvalue weighted by molar-refractivity contribution is 6.31. The van der Waals surface area contributed by atoms with Gasteiger partial charge >= 0.3 is 0 Å². The van der Waals surface area contributed by atoms with Crippen molar-refractivity contribution < 1.29 is 14.3 Å². The summed E-state index contributed by atoms with van der Waals surface area (Å²) in [6, 6.07) is 7.48. The zero-order valence-electron chi connectivity index (χ0n) is 15.0. The van der Waals surface area contributed by atoms with Crippen LogP contribution in [-0.4, -0.2) is 27.7 Å². The lowest BCUT2D eigenvalue weighted by Crippen LogP contribution is -2.19. The number of rotatable bonds is 5. The summed E-state index contributed by atoms with van der Waals surface area (Å²) in [7, 11) is 0. The van der Waals surface area contributed by atoms with Gasteiger partial charge in [-0.15, -0.1) is 0 Å². The molecule has 2 atom stereocenters. The number of carbonyl (C=O) groups excluding carboxylic acids is 1. The van der Waals surface area contributed by atoms with E-state index in [9.17, 15) is 4.79 Å². The molecule has 1 aromatic carbocycles. The van der Waals surface area contributed by atoms with Crippen LogP contribution in [0.4, 0.5) is 0 Å². The van der Waals surface area contributed by atoms with Crippen LogP contribution in [0.15, 0.2) is 36.7 Å². The second-order valence-electron chi connectivity index (χ2n) is 6.61. The Balaban J connectivity index is 1.65. The molecule has 140 valence electrons. The highest BCUT2D eigenvalue weighted by atomic mass is 35.5. The van der Waals surface area contributed by atoms with E-state index in [-0.39, 0.29) is 12.3 Å². The van der Waals surface area contributed by atoms with Crippen molar-refractivity contribution in [1.82, 2.24) is 14.8 Å². The average Bonchev–Trinajstić information content (AvgIpc) is 3.07. The molecule has 1 saturated heterocycles. The smallest absolute Gasteiger partial charge is 0.170 e. The maximum absolute atomic E-state index is 11.5. The first kappa shape index (κ1) is 17.9. The van der Waals surface area contributed by atoms with E-state index < -0.39 is 0 Å². The Hall–Kier alpha value is -2.44. The van der Waals surface area contributed by atoms with Crippen molar-refractivity contribution in [2.45, 2.75) is 38.5 Å². The summed E-state index contributed by atoms with van der Waals surface area (Å²) in [5, 5.41) is 5.77. The molecule has 6 nitrogen and oxygen atoms in total. The van der Waals surface area contributed by atoms with E-state index in [0.29, 0.717) is 23.1 Å². The number of aldehydes is 1. The van der Waals surface area contributed by atoms with Gasteiger partial charge in [-0.25, -0.2) is 4.68 Å². The topological polar surface area (TPSA) is 66.2 Å². The Morgan fingerprint density at radius 3 is 3.00 bits per heavy atom. The zero-order chi connectivity index (χ0) is 18.8. The molecule has 3 heterocycles. The minimum Gasteiger partial charge on any atom is -0.486 e. The minimum atomic E-state index is -0.255. The maximum Gasteiger partial charge on any atom is 0.170 e. The van der Waals surface area contributed by atoms with Gasteiger partial charge in [-0.1, -0.05) is 11.6 Å². The Morgan fingerprint density at radius 2 is 2.26 bits per heavy atom. The predicted molar refractivity (Wildman–Crippen MR) is 102 cm³/mol. The predicted octanol–water partition coefficient (Wildman–Crippen LogP) is 4.74. The van der Waals surface area contributed by atoms with Crippen LogP contribution >= 0.6 is 11.6 Å². The third-order valence-corrected chi connectivity index (χ3v) is 5.12. The summed E-state index contributed by atoms with van der Waals surface area (Å²) in [6.07, 6.45) is 6.71. The van der Waals surface area contributed by atoms with Gasteiger partial charge in [-0.2, -0.15) is 5.10 Å². The maximum atomic E-state index is 11.5. The molecule has 0 N–H and O–H groups in total. The van der Waals surface area contributed by atoms with E-state index in [4.69, 9.17) is 21.1 Å². The van der Waals surface area contributed by atoms with E-state index in [2.05, 4.69) is 10.1 Å². The van der Waals surface area contributed by atoms with E-state index in [1.54, 1.807) is 12.4 Å². The van der Waals surface area contributed by atoms with Crippen LogP contribution in [0.5, 0.6) is 5.75 Å². The summed E-state index contributed by atoms with van der Waals surface area (Å²) < 4.78 is 13.7. The third kappa shape index (κ3) is 3.55. The van der Waals surface area contributed by atoms with Gasteiger partial charge in [0.1, 0.15) is 17.5 Å². The Kier molecular flexibility index (Phi) is 5.09. The number of nitrogens with zero attached hydrogens (tertiary/aromatic N) is 3. The molecular formula is C20H20ClN3O3. The lowest BCUT2D eigenvalue weighted by molar-refractivity contribution is -0.0367. The van der Waals surface area contributed by atoms with E-state index in [0.717, 1.165) is 42.0 Å². The van der Waals surface area contributed by atoms with Crippen LogP contribution in [0.25, 0.3) is 10.9 Å². The molecule has 0 saturated carbocycles. The van der Waals surface area contributed by atoms with Crippen molar-refractivity contribution in [3.63, 3.8) is 0 Å². The molecule has 1 aliphatic heterocycles. The highest BCUT2D eigenvalue weighted by Crippen LogP contribution is 2.32. The molecular weight excluding hydrogens is 366 g/mol. The van der Waals surface area contributed by atoms with Crippen LogP contribution in [-0.2, 0) is 4.74 Å². The largest absolute Gasteiger partial charge is 0.486 e. The normalized spacial score (nSPS) is 18.4. The number of hydrogen-bond donors (Lipinski definition) is 0. The monoisotopic (exact) mass is 385 g/mol. The summed E-state index contributed by atoms with van der Waals surface area (Å²) in [5.41, 5.74) is 2.11. The summed E-state index contributed by atoms with van der Waals surface area (Å²) in [5.74, 6) is 0.648. The highest BCUT2D eigenvalue weighted by Gasteiger charge is 2.21. The van der Waals surface area contributed by atoms with Gasteiger partial charge in [-0.3, -0.25) is 9.78 Å². The fraction of sp³-hybridized carbons (Fsp3) is 0.350. The van der Waals surface area contributed by atoms with E-state index >= 15 is 0 Å². The Bertz CT molecular complexity index is 966. The van der Waals surface area contributed by atoms with Gasteiger partial charge in [-0.05, 0) is 50.5 Å². The Morgan fingerprint density at radius 1 is 1.37 bits per heavy atom. The lowest BCUT2D eigenvalue weighted by atomic mass is 10.1. The molecule has 2 aromatic heterocycles. The standard InChI is InChI=1S/C20H20ClN3O3/c1-13(15-7-8-22-11-17(15)21)27-14-5-6-19-16(10-14)18(12-25)23-24(19)20-4-2-3-9-26-20/h5-8,10-13,20H,2-4,9H2,1H3/t13-,20?/m1/s1. The number of pyridine rings is 1. The summed E-state index contributed by atoms with van der Waals surface area (Å²) in [6.45, 7) is 2.64. The number of hydrogen-bond acceptors (Lipinski definition) is 5. The van der Waals surface area contributed by atoms with Crippen molar-refractivity contribution in [1.29, 1.82) is 0 Å². The molecule has 27 heavy (non-hydrogen) atoms. The number of aromatic nitrogens is 3. The molecule has 1 aliphatic rings. The van der Waals surface area contributed by atoms with Gasteiger partial charge in [0.05, 0.1) is 10.5 Å². The van der Waals surface area contributed by atoms with Crippen molar-refractivity contribution in [3.05, 3.63) is 52.9 Å². The molecule has 0 aliphatic carbocycles. The van der Waals surface area contributed by atoms with Crippen LogP contribution < -0.4 is 4.74 Å². The van der Waals surface area contributed by atoms with Crippen LogP contribution in [0.1, 0.15) is 54.6 Å². The van der Waals surface area contributed by atoms with Gasteiger partial charge in [0, 0.05) is 30.0 Å². The summed E-state index contributed by atoms with van der Waals surface area (Å²) in [4.78, 5) is 15.5. The van der Waals surface area contributed by atoms with Gasteiger partial charge in [0.25, 0.3) is 0 Å². The molecule has 0 radical (unpaired) electrons. The van der Waals surface area contributed by atoms with E-state index in [1.807, 2.05) is 35.9 Å². The fourth-order valence-electron chi connectivity index (χ4n) is 3.42. The number of ether oxygens (including phenoxy) is 2. The quantitative estimate of drug-likeness (QED) is 0.593. The number of fused-ring (bicyclic) bond motifs is 1. The first-order valence-electron chi connectivity index (χ1n) is 9.02. The van der Waals surface area contributed by atoms with Crippen LogP contribution in [0.3, 0.4) is 0 Å². The van der Waals surface area contributed by atoms with Crippen molar-refractivity contribution >= 4 is 28.8 Å². The SMILES string of the molecule is C[C@@H](Oc1ccc2c(c1)c(C=O)nn2C1CCCCO1)c1ccncc1Cl. The fourth-order valence-corrected chi connectivity index (χ4v) is 3.70. The molecule has 0 bridgehead atoms. The minimum absolute atomic E-state index is 0.128. The van der Waals surface area contributed by atoms with Crippen molar-refractivity contribution in [2.75, 3.05) is 6.61 Å². The van der Waals surface area contributed by atoms with Gasteiger partial charge < -0.3 is 9.47 Å². The van der Waals surface area contributed by atoms with Crippen molar-refractivity contribution in [2.24, 2.45) is 0 Å². The molecule has 0 amide bonds. The number of benzene rings is 1. The third-order valence-electron chi connectivity index (χ3n) is 4.80. The molecule has 7 heteroatoms. The molecule has 1 unspecified atom stereocenters. The molecule has 0 spiro atoms. The van der Waals surface area contributed by atoms with Crippen LogP contribution in [0, 0.1) is 0 Å². The Labute approximate surface area is 162 Å². The van der Waals surface area contributed by atoms with Crippen molar-refractivity contribution in [3.8, 4) is 5.75 Å². The first-order chi connectivity index (χ1) is 13.2. The number of halogens is 1. The number of carbonyl (C=O) groups is 1.